The Hall–Kier alpha value is -3.14. The molecule has 0 unspecified atom stereocenters. The molecule has 1 aliphatic heterocycles. The lowest BCUT2D eigenvalue weighted by Gasteiger charge is -2.38. The number of nitrogens with zero attached hydrogens (tertiary/aromatic N) is 1. The van der Waals surface area contributed by atoms with E-state index in [4.69, 9.17) is 9.47 Å². The highest BCUT2D eigenvalue weighted by atomic mass is 32.2. The van der Waals surface area contributed by atoms with Crippen LogP contribution in [0.25, 0.3) is 0 Å². The fourth-order valence-electron chi connectivity index (χ4n) is 4.70. The molecule has 0 fully saturated rings. The maximum atomic E-state index is 13.7. The Morgan fingerprint density at radius 1 is 1.29 bits per heavy atom. The van der Waals surface area contributed by atoms with Crippen molar-refractivity contribution in [2.45, 2.75) is 40.0 Å². The minimum Gasteiger partial charge on any atom is -0.468 e. The quantitative estimate of drug-likeness (QED) is 0.186. The number of allylic oxidation sites excluding steroid dienone is 3. The van der Waals surface area contributed by atoms with Crippen LogP contribution in [0.4, 0.5) is 5.69 Å². The van der Waals surface area contributed by atoms with Crippen LogP contribution in [-0.2, 0) is 23.9 Å². The minimum atomic E-state index is -1.03. The summed E-state index contributed by atoms with van der Waals surface area (Å²) in [4.78, 5) is 50.6. The SMILES string of the molecule is CCSCCOC(=O)C1=C(C)NC2=C(C(=O)[C@@H](C(=O)OC)[C@H](C)C2)[C@@H]1c1ccc(C)c([N+](=O)[O-])c1. The second-order valence-corrected chi connectivity index (χ2v) is 10.1. The van der Waals surface area contributed by atoms with Crippen LogP contribution >= 0.6 is 11.8 Å². The molecule has 1 aliphatic carbocycles. The van der Waals surface area contributed by atoms with Crippen LogP contribution in [0.1, 0.15) is 44.2 Å². The fraction of sp³-hybridized carbons (Fsp3) is 0.480. The summed E-state index contributed by atoms with van der Waals surface area (Å²) < 4.78 is 10.4. The number of thioether (sulfide) groups is 1. The van der Waals surface area contributed by atoms with Crippen LogP contribution in [-0.4, -0.2) is 47.9 Å². The number of carbonyl (C=O) groups excluding carboxylic acids is 3. The van der Waals surface area contributed by atoms with Crippen molar-refractivity contribution < 1.29 is 28.8 Å². The van der Waals surface area contributed by atoms with Gasteiger partial charge in [0.1, 0.15) is 12.5 Å². The van der Waals surface area contributed by atoms with Gasteiger partial charge in [-0.1, -0.05) is 26.0 Å². The van der Waals surface area contributed by atoms with Gasteiger partial charge in [0, 0.05) is 40.3 Å². The van der Waals surface area contributed by atoms with E-state index in [-0.39, 0.29) is 29.4 Å². The Balaban J connectivity index is 2.15. The van der Waals surface area contributed by atoms with Crippen LogP contribution in [0.3, 0.4) is 0 Å². The molecule has 0 saturated heterocycles. The number of nitro groups is 1. The largest absolute Gasteiger partial charge is 0.468 e. The maximum absolute atomic E-state index is 13.7. The molecule has 2 aliphatic rings. The molecule has 10 heteroatoms. The highest BCUT2D eigenvalue weighted by Crippen LogP contribution is 2.46. The van der Waals surface area contributed by atoms with Gasteiger partial charge in [-0.15, -0.1) is 0 Å². The van der Waals surface area contributed by atoms with Gasteiger partial charge in [-0.2, -0.15) is 11.8 Å². The van der Waals surface area contributed by atoms with Crippen molar-refractivity contribution in [1.29, 1.82) is 0 Å². The Morgan fingerprint density at radius 2 is 2.00 bits per heavy atom. The molecular formula is C25H30N2O7S. The standard InChI is InChI=1S/C25H30N2O7S/c1-6-35-10-9-34-25(30)20-15(4)26-17-11-14(3)19(24(29)33-5)23(28)22(17)21(20)16-8-7-13(2)18(12-16)27(31)32/h7-8,12,14,19,21,26H,6,9-11H2,1-5H3/t14-,19+,21-/m1/s1. The van der Waals surface area contributed by atoms with E-state index in [1.54, 1.807) is 44.7 Å². The number of esters is 2. The van der Waals surface area contributed by atoms with Gasteiger partial charge in [-0.05, 0) is 37.5 Å². The molecule has 0 spiro atoms. The Morgan fingerprint density at radius 3 is 2.63 bits per heavy atom. The smallest absolute Gasteiger partial charge is 0.336 e. The number of hydrogen-bond acceptors (Lipinski definition) is 9. The third-order valence-corrected chi connectivity index (χ3v) is 7.25. The third kappa shape index (κ3) is 5.27. The summed E-state index contributed by atoms with van der Waals surface area (Å²) in [5.74, 6) is -2.45. The number of Topliss-reactive ketones (excluding diaryl/α,β-unsaturated/α-hetero) is 1. The van der Waals surface area contributed by atoms with Gasteiger partial charge in [0.25, 0.3) is 5.69 Å². The average Bonchev–Trinajstić information content (AvgIpc) is 2.80. The van der Waals surface area contributed by atoms with Gasteiger partial charge in [0.05, 0.1) is 17.6 Å². The molecule has 188 valence electrons. The number of ketones is 1. The highest BCUT2D eigenvalue weighted by molar-refractivity contribution is 7.99. The normalized spacial score (nSPS) is 21.9. The number of ether oxygens (including phenoxy) is 2. The second-order valence-electron chi connectivity index (χ2n) is 8.67. The van der Waals surface area contributed by atoms with E-state index in [0.717, 1.165) is 5.75 Å². The van der Waals surface area contributed by atoms with Crippen LogP contribution in [0.5, 0.6) is 0 Å². The molecule has 1 N–H and O–H groups in total. The molecule has 3 rings (SSSR count). The monoisotopic (exact) mass is 502 g/mol. The number of nitrogens with one attached hydrogen (secondary N) is 1. The van der Waals surface area contributed by atoms with E-state index in [0.29, 0.717) is 34.7 Å². The summed E-state index contributed by atoms with van der Waals surface area (Å²) in [5.41, 5.74) is 2.32. The first-order valence-corrected chi connectivity index (χ1v) is 12.6. The van der Waals surface area contributed by atoms with Crippen molar-refractivity contribution in [2.24, 2.45) is 11.8 Å². The molecular weight excluding hydrogens is 472 g/mol. The summed E-state index contributed by atoms with van der Waals surface area (Å²) in [6, 6.07) is 4.66. The van der Waals surface area contributed by atoms with Crippen molar-refractivity contribution in [3.05, 3.63) is 62.0 Å². The van der Waals surface area contributed by atoms with E-state index in [1.807, 2.05) is 6.92 Å². The number of dihydropyridines is 1. The Bertz CT molecular complexity index is 1120. The van der Waals surface area contributed by atoms with Gasteiger partial charge >= 0.3 is 11.9 Å². The number of nitro benzene ring substituents is 1. The van der Waals surface area contributed by atoms with Crippen LogP contribution in [0.2, 0.25) is 0 Å². The minimum absolute atomic E-state index is 0.117. The zero-order valence-corrected chi connectivity index (χ0v) is 21.3. The van der Waals surface area contributed by atoms with Crippen molar-refractivity contribution in [2.75, 3.05) is 25.2 Å². The lowest BCUT2D eigenvalue weighted by atomic mass is 9.69. The summed E-state index contributed by atoms with van der Waals surface area (Å²) in [6.45, 7) is 7.34. The van der Waals surface area contributed by atoms with Crippen molar-refractivity contribution in [3.63, 3.8) is 0 Å². The Kier molecular flexibility index (Phi) is 8.37. The van der Waals surface area contributed by atoms with Gasteiger partial charge in [0.2, 0.25) is 0 Å². The van der Waals surface area contributed by atoms with Crippen LogP contribution in [0.15, 0.2) is 40.7 Å². The molecule has 35 heavy (non-hydrogen) atoms. The van der Waals surface area contributed by atoms with E-state index >= 15 is 0 Å². The van der Waals surface area contributed by atoms with Gasteiger partial charge in [-0.3, -0.25) is 19.7 Å². The molecule has 3 atom stereocenters. The van der Waals surface area contributed by atoms with Crippen molar-refractivity contribution >= 4 is 35.2 Å². The molecule has 1 heterocycles. The zero-order valence-electron chi connectivity index (χ0n) is 20.5. The van der Waals surface area contributed by atoms with Crippen molar-refractivity contribution in [3.8, 4) is 0 Å². The summed E-state index contributed by atoms with van der Waals surface area (Å²) in [5, 5.41) is 14.8. The van der Waals surface area contributed by atoms with Crippen molar-refractivity contribution in [1.82, 2.24) is 5.32 Å². The van der Waals surface area contributed by atoms with Crippen LogP contribution in [0, 0.1) is 28.9 Å². The molecule has 0 amide bonds. The molecule has 0 aromatic heterocycles. The molecule has 9 nitrogen and oxygen atoms in total. The fourth-order valence-corrected chi connectivity index (χ4v) is 5.19. The first-order chi connectivity index (χ1) is 16.6. The predicted molar refractivity (Wildman–Crippen MR) is 132 cm³/mol. The lowest BCUT2D eigenvalue weighted by Crippen LogP contribution is -2.43. The lowest BCUT2D eigenvalue weighted by molar-refractivity contribution is -0.385. The summed E-state index contributed by atoms with van der Waals surface area (Å²) in [7, 11) is 1.23. The number of methoxy groups -OCH3 is 1. The molecule has 0 saturated carbocycles. The molecule has 0 bridgehead atoms. The van der Waals surface area contributed by atoms with E-state index in [9.17, 15) is 24.5 Å². The molecule has 1 aromatic carbocycles. The number of rotatable bonds is 8. The van der Waals surface area contributed by atoms with E-state index in [1.165, 1.54) is 13.2 Å². The Labute approximate surface area is 208 Å². The number of hydrogen-bond donors (Lipinski definition) is 1. The topological polar surface area (TPSA) is 125 Å². The summed E-state index contributed by atoms with van der Waals surface area (Å²) in [6.07, 6.45) is 0.387. The zero-order chi connectivity index (χ0) is 25.9. The maximum Gasteiger partial charge on any atom is 0.336 e. The molecule has 0 radical (unpaired) electrons. The predicted octanol–water partition coefficient (Wildman–Crippen LogP) is 3.81. The number of carbonyl (C=O) groups is 3. The van der Waals surface area contributed by atoms with Gasteiger partial charge in [0.15, 0.2) is 5.78 Å². The highest BCUT2D eigenvalue weighted by Gasteiger charge is 2.47. The first-order valence-electron chi connectivity index (χ1n) is 11.4. The second kappa shape index (κ2) is 11.1. The van der Waals surface area contributed by atoms with E-state index < -0.39 is 34.5 Å². The van der Waals surface area contributed by atoms with Crippen LogP contribution < -0.4 is 5.32 Å². The van der Waals surface area contributed by atoms with E-state index in [2.05, 4.69) is 5.32 Å². The number of aryl methyl sites for hydroxylation is 1. The molecule has 1 aromatic rings. The van der Waals surface area contributed by atoms with Gasteiger partial charge < -0.3 is 14.8 Å². The first kappa shape index (κ1) is 26.5. The third-order valence-electron chi connectivity index (χ3n) is 6.39. The van der Waals surface area contributed by atoms with Gasteiger partial charge in [-0.25, -0.2) is 4.79 Å². The summed E-state index contributed by atoms with van der Waals surface area (Å²) >= 11 is 1.63. The average molecular weight is 503 g/mol. The number of benzene rings is 1.